The Bertz CT molecular complexity index is 775. The summed E-state index contributed by atoms with van der Waals surface area (Å²) in [7, 11) is 1.62. The van der Waals surface area contributed by atoms with Gasteiger partial charge in [-0.15, -0.1) is 0 Å². The van der Waals surface area contributed by atoms with Gasteiger partial charge in [0.05, 0.1) is 12.0 Å². The van der Waals surface area contributed by atoms with Crippen molar-refractivity contribution in [3.8, 4) is 5.75 Å². The number of nitrogens with one attached hydrogen (secondary N) is 1. The van der Waals surface area contributed by atoms with Crippen molar-refractivity contribution >= 4 is 11.6 Å². The van der Waals surface area contributed by atoms with Gasteiger partial charge < -0.3 is 10.1 Å². The van der Waals surface area contributed by atoms with Crippen molar-refractivity contribution in [3.05, 3.63) is 69.8 Å². The van der Waals surface area contributed by atoms with Gasteiger partial charge in [0.2, 0.25) is 5.91 Å². The fourth-order valence-electron chi connectivity index (χ4n) is 2.95. The Kier molecular flexibility index (Phi) is 4.46. The first kappa shape index (κ1) is 16.0. The molecule has 2 atom stereocenters. The number of rotatable bonds is 6. The van der Waals surface area contributed by atoms with Gasteiger partial charge in [0.25, 0.3) is 5.69 Å². The number of amides is 1. The maximum Gasteiger partial charge on any atom is 0.274 e. The topological polar surface area (TPSA) is 81.5 Å². The molecule has 2 aromatic carbocycles. The molecule has 0 radical (unpaired) electrons. The number of nitrogens with zero attached hydrogens (tertiary/aromatic N) is 1. The van der Waals surface area contributed by atoms with Gasteiger partial charge in [-0.2, -0.15) is 0 Å². The second kappa shape index (κ2) is 6.70. The highest BCUT2D eigenvalue weighted by atomic mass is 16.6. The van der Waals surface area contributed by atoms with E-state index in [1.54, 1.807) is 25.3 Å². The zero-order valence-electron chi connectivity index (χ0n) is 13.3. The van der Waals surface area contributed by atoms with Gasteiger partial charge in [-0.25, -0.2) is 0 Å². The Balaban J connectivity index is 1.63. The van der Waals surface area contributed by atoms with Crippen LogP contribution in [0.5, 0.6) is 5.75 Å². The van der Waals surface area contributed by atoms with Crippen molar-refractivity contribution < 1.29 is 14.5 Å². The molecule has 3 rings (SSSR count). The highest BCUT2D eigenvalue weighted by Gasteiger charge is 2.45. The summed E-state index contributed by atoms with van der Waals surface area (Å²) in [5.41, 5.74) is 1.56. The van der Waals surface area contributed by atoms with Gasteiger partial charge >= 0.3 is 0 Å². The summed E-state index contributed by atoms with van der Waals surface area (Å²) in [5, 5.41) is 13.8. The molecule has 1 fully saturated rings. The minimum Gasteiger partial charge on any atom is -0.496 e. The third kappa shape index (κ3) is 3.22. The van der Waals surface area contributed by atoms with Crippen molar-refractivity contribution in [1.82, 2.24) is 5.32 Å². The average molecular weight is 326 g/mol. The van der Waals surface area contributed by atoms with Gasteiger partial charge in [-0.05, 0) is 24.0 Å². The molecule has 24 heavy (non-hydrogen) atoms. The van der Waals surface area contributed by atoms with Crippen LogP contribution in [-0.2, 0) is 11.3 Å². The molecule has 124 valence electrons. The molecule has 6 heteroatoms. The van der Waals surface area contributed by atoms with E-state index in [4.69, 9.17) is 4.74 Å². The number of nitro groups is 1. The molecule has 0 saturated heterocycles. The molecular formula is C18H18N2O4. The molecule has 1 saturated carbocycles. The summed E-state index contributed by atoms with van der Waals surface area (Å²) in [6.45, 7) is 0.158. The third-order valence-electron chi connectivity index (χ3n) is 4.31. The number of carbonyl (C=O) groups excluding carboxylic acids is 1. The molecule has 0 aromatic heterocycles. The molecule has 0 aliphatic heterocycles. The van der Waals surface area contributed by atoms with Crippen molar-refractivity contribution in [2.75, 3.05) is 7.11 Å². The monoisotopic (exact) mass is 326 g/mol. The average Bonchev–Trinajstić information content (AvgIpc) is 3.40. The molecular weight excluding hydrogens is 308 g/mol. The number of carbonyl (C=O) groups is 1. The van der Waals surface area contributed by atoms with Crippen LogP contribution in [0.1, 0.15) is 23.5 Å². The lowest BCUT2D eigenvalue weighted by molar-refractivity contribution is -0.385. The van der Waals surface area contributed by atoms with Gasteiger partial charge in [-0.1, -0.05) is 36.4 Å². The lowest BCUT2D eigenvalue weighted by Gasteiger charge is -2.08. The Hall–Kier alpha value is -2.89. The zero-order valence-corrected chi connectivity index (χ0v) is 13.3. The van der Waals surface area contributed by atoms with Crippen LogP contribution in [0.25, 0.3) is 0 Å². The predicted octanol–water partition coefficient (Wildman–Crippen LogP) is 3.02. The fourth-order valence-corrected chi connectivity index (χ4v) is 2.95. The van der Waals surface area contributed by atoms with Crippen LogP contribution in [0.3, 0.4) is 0 Å². The molecule has 2 aromatic rings. The van der Waals surface area contributed by atoms with Crippen LogP contribution in [-0.4, -0.2) is 17.9 Å². The van der Waals surface area contributed by atoms with E-state index in [1.165, 1.54) is 6.07 Å². The highest BCUT2D eigenvalue weighted by Crippen LogP contribution is 2.50. The van der Waals surface area contributed by atoms with E-state index in [0.29, 0.717) is 5.56 Å². The zero-order chi connectivity index (χ0) is 17.1. The number of benzene rings is 2. The first-order valence-corrected chi connectivity index (χ1v) is 7.74. The number of methoxy groups -OCH3 is 1. The Labute approximate surface area is 139 Å². The van der Waals surface area contributed by atoms with Crippen LogP contribution >= 0.6 is 0 Å². The molecule has 0 heterocycles. The van der Waals surface area contributed by atoms with Gasteiger partial charge in [-0.3, -0.25) is 14.9 Å². The maximum atomic E-state index is 12.3. The van der Waals surface area contributed by atoms with Gasteiger partial charge in [0.15, 0.2) is 0 Å². The summed E-state index contributed by atoms with van der Waals surface area (Å²) >= 11 is 0. The highest BCUT2D eigenvalue weighted by molar-refractivity contribution is 5.83. The molecule has 1 aliphatic rings. The molecule has 0 unspecified atom stereocenters. The van der Waals surface area contributed by atoms with Crippen molar-refractivity contribution in [1.29, 1.82) is 0 Å². The quantitative estimate of drug-likeness (QED) is 0.653. The second-order valence-electron chi connectivity index (χ2n) is 5.79. The third-order valence-corrected chi connectivity index (χ3v) is 4.31. The minimum atomic E-state index is -0.434. The van der Waals surface area contributed by atoms with Crippen LogP contribution in [0, 0.1) is 16.0 Å². The van der Waals surface area contributed by atoms with Crippen molar-refractivity contribution in [3.63, 3.8) is 0 Å². The number of ether oxygens (including phenoxy) is 1. The minimum absolute atomic E-state index is 0.0230. The largest absolute Gasteiger partial charge is 0.496 e. The fraction of sp³-hybridized carbons (Fsp3) is 0.278. The molecule has 1 N–H and O–H groups in total. The molecule has 1 aliphatic carbocycles. The Morgan fingerprint density at radius 3 is 2.71 bits per heavy atom. The summed E-state index contributed by atoms with van der Waals surface area (Å²) in [6.07, 6.45) is 0.767. The first-order valence-electron chi connectivity index (χ1n) is 7.74. The second-order valence-corrected chi connectivity index (χ2v) is 5.79. The number of para-hydroxylation sites is 2. The summed E-state index contributed by atoms with van der Waals surface area (Å²) in [6, 6.07) is 14.1. The van der Waals surface area contributed by atoms with Crippen molar-refractivity contribution in [2.45, 2.75) is 18.9 Å². The van der Waals surface area contributed by atoms with E-state index >= 15 is 0 Å². The van der Waals surface area contributed by atoms with Gasteiger partial charge in [0.1, 0.15) is 5.75 Å². The van der Waals surface area contributed by atoms with Crippen LogP contribution in [0.2, 0.25) is 0 Å². The van der Waals surface area contributed by atoms with E-state index in [9.17, 15) is 14.9 Å². The number of nitro benzene ring substituents is 1. The SMILES string of the molecule is COc1ccccc1[C@@H]1C[C@H]1C(=O)NCc1ccccc1[N+](=O)[O-]. The standard InChI is InChI=1S/C18H18N2O4/c1-24-17-9-5-3-7-13(17)14-10-15(14)18(21)19-11-12-6-2-4-8-16(12)20(22)23/h2-9,14-15H,10-11H2,1H3,(H,19,21)/t14-,15+/m0/s1. The van der Waals surface area contributed by atoms with E-state index < -0.39 is 4.92 Å². The number of hydrogen-bond donors (Lipinski definition) is 1. The lowest BCUT2D eigenvalue weighted by atomic mass is 10.1. The Morgan fingerprint density at radius 2 is 1.96 bits per heavy atom. The normalized spacial score (nSPS) is 18.7. The van der Waals surface area contributed by atoms with E-state index in [-0.39, 0.29) is 30.0 Å². The molecule has 6 nitrogen and oxygen atoms in total. The predicted molar refractivity (Wildman–Crippen MR) is 88.8 cm³/mol. The van der Waals surface area contributed by atoms with Crippen LogP contribution in [0.15, 0.2) is 48.5 Å². The van der Waals surface area contributed by atoms with E-state index in [0.717, 1.165) is 17.7 Å². The summed E-state index contributed by atoms with van der Waals surface area (Å²) in [4.78, 5) is 22.9. The lowest BCUT2D eigenvalue weighted by Crippen LogP contribution is -2.25. The Morgan fingerprint density at radius 1 is 1.25 bits per heavy atom. The van der Waals surface area contributed by atoms with Crippen molar-refractivity contribution in [2.24, 2.45) is 5.92 Å². The molecule has 0 bridgehead atoms. The van der Waals surface area contributed by atoms with Crippen LogP contribution in [0.4, 0.5) is 5.69 Å². The first-order chi connectivity index (χ1) is 11.6. The van der Waals surface area contributed by atoms with Gasteiger partial charge in [0, 0.05) is 24.1 Å². The summed E-state index contributed by atoms with van der Waals surface area (Å²) in [5.74, 6) is 0.747. The van der Waals surface area contributed by atoms with E-state index in [1.807, 2.05) is 24.3 Å². The maximum absolute atomic E-state index is 12.3. The number of hydrogen-bond acceptors (Lipinski definition) is 4. The molecule has 0 spiro atoms. The van der Waals surface area contributed by atoms with E-state index in [2.05, 4.69) is 5.32 Å². The smallest absolute Gasteiger partial charge is 0.274 e. The summed E-state index contributed by atoms with van der Waals surface area (Å²) < 4.78 is 5.34. The van der Waals surface area contributed by atoms with Crippen LogP contribution < -0.4 is 10.1 Å². The molecule has 1 amide bonds.